The first-order valence-electron chi connectivity index (χ1n) is 7.43. The second-order valence-corrected chi connectivity index (χ2v) is 5.49. The van der Waals surface area contributed by atoms with Gasteiger partial charge in [0.2, 0.25) is 5.96 Å². The Bertz CT molecular complexity index is 616. The van der Waals surface area contributed by atoms with E-state index >= 15 is 0 Å². The number of aliphatic carboxylic acids is 1. The van der Waals surface area contributed by atoms with Gasteiger partial charge >= 0.3 is 5.97 Å². The van der Waals surface area contributed by atoms with Gasteiger partial charge in [0.05, 0.1) is 12.3 Å². The maximum atomic E-state index is 10.7. The molecule has 1 fully saturated rings. The van der Waals surface area contributed by atoms with E-state index in [0.29, 0.717) is 31.9 Å². The molecule has 3 N–H and O–H groups in total. The lowest BCUT2D eigenvalue weighted by Crippen LogP contribution is -2.49. The van der Waals surface area contributed by atoms with Crippen molar-refractivity contribution in [1.29, 1.82) is 10.8 Å². The van der Waals surface area contributed by atoms with Gasteiger partial charge in [-0.05, 0) is 6.92 Å². The molecule has 0 unspecified atom stereocenters. The van der Waals surface area contributed by atoms with E-state index in [0.717, 1.165) is 17.3 Å². The minimum atomic E-state index is -0.836. The molecule has 23 heavy (non-hydrogen) atoms. The largest absolute Gasteiger partial charge is 0.480 e. The normalized spacial score (nSPS) is 16.2. The molecule has 1 aliphatic rings. The number of hydrogen-bond donors (Lipinski definition) is 3. The van der Waals surface area contributed by atoms with Crippen molar-refractivity contribution in [3.8, 4) is 0 Å². The molecule has 0 saturated carbocycles. The summed E-state index contributed by atoms with van der Waals surface area (Å²) >= 11 is 0. The first-order chi connectivity index (χ1) is 11.0. The quantitative estimate of drug-likeness (QED) is 0.571. The molecule has 2 rings (SSSR count). The van der Waals surface area contributed by atoms with Gasteiger partial charge in [-0.25, -0.2) is 4.99 Å². The molecule has 1 saturated heterocycles. The highest BCUT2D eigenvalue weighted by atomic mass is 16.4. The molecule has 7 nitrogen and oxygen atoms in total. The molecular weight excluding hydrogens is 294 g/mol. The Morgan fingerprint density at radius 2 is 1.87 bits per heavy atom. The summed E-state index contributed by atoms with van der Waals surface area (Å²) in [7, 11) is 0. The van der Waals surface area contributed by atoms with Crippen LogP contribution in [-0.4, -0.2) is 71.5 Å². The molecule has 0 atom stereocenters. The van der Waals surface area contributed by atoms with Gasteiger partial charge in [-0.3, -0.25) is 15.1 Å². The zero-order valence-corrected chi connectivity index (χ0v) is 13.1. The molecular formula is C16H21N5O2. The molecule has 0 radical (unpaired) electrons. The lowest BCUT2D eigenvalue weighted by Gasteiger charge is -2.33. The Balaban J connectivity index is 2.01. The first kappa shape index (κ1) is 16.8. The number of nitrogens with one attached hydrogen (secondary N) is 2. The standard InChI is InChI=1S/C16H21N5O2/c1-12-2-4-13(5-3-12)14(10-17)19-16(18)21-8-6-20(7-9-21)11-15(22)23/h2-5,10,17-18H,6-9,11H2,1H3,(H,22,23). The van der Waals surface area contributed by atoms with Crippen LogP contribution in [-0.2, 0) is 4.79 Å². The fraction of sp³-hybridized carbons (Fsp3) is 0.375. The zero-order chi connectivity index (χ0) is 16.8. The summed E-state index contributed by atoms with van der Waals surface area (Å²) in [5.74, 6) is -0.726. The predicted octanol–water partition coefficient (Wildman–Crippen LogP) is 1.07. The van der Waals surface area contributed by atoms with E-state index in [4.69, 9.17) is 15.9 Å². The number of guanidine groups is 1. The molecule has 0 bridgehead atoms. The number of nitrogens with zero attached hydrogens (tertiary/aromatic N) is 3. The van der Waals surface area contributed by atoms with Crippen LogP contribution in [0.2, 0.25) is 0 Å². The minimum Gasteiger partial charge on any atom is -0.480 e. The third-order valence-corrected chi connectivity index (χ3v) is 3.74. The van der Waals surface area contributed by atoms with Gasteiger partial charge in [0.1, 0.15) is 0 Å². The monoisotopic (exact) mass is 315 g/mol. The summed E-state index contributed by atoms with van der Waals surface area (Å²) in [6.45, 7) is 4.33. The van der Waals surface area contributed by atoms with E-state index in [9.17, 15) is 4.79 Å². The lowest BCUT2D eigenvalue weighted by molar-refractivity contribution is -0.138. The van der Waals surface area contributed by atoms with E-state index in [1.165, 1.54) is 0 Å². The van der Waals surface area contributed by atoms with Gasteiger partial charge in [-0.15, -0.1) is 0 Å². The van der Waals surface area contributed by atoms with E-state index in [1.54, 1.807) is 4.90 Å². The Labute approximate surface area is 135 Å². The maximum Gasteiger partial charge on any atom is 0.317 e. The van der Waals surface area contributed by atoms with Crippen LogP contribution in [0.1, 0.15) is 11.1 Å². The summed E-state index contributed by atoms with van der Waals surface area (Å²) < 4.78 is 0. The molecule has 0 aromatic heterocycles. The number of hydrogen-bond acceptors (Lipinski definition) is 4. The molecule has 1 aromatic rings. The molecule has 0 spiro atoms. The predicted molar refractivity (Wildman–Crippen MR) is 89.9 cm³/mol. The summed E-state index contributed by atoms with van der Waals surface area (Å²) in [5, 5.41) is 24.4. The second-order valence-electron chi connectivity index (χ2n) is 5.49. The van der Waals surface area contributed by atoms with E-state index < -0.39 is 5.97 Å². The molecule has 1 aliphatic heterocycles. The summed E-state index contributed by atoms with van der Waals surface area (Å²) in [4.78, 5) is 18.6. The third-order valence-electron chi connectivity index (χ3n) is 3.74. The van der Waals surface area contributed by atoms with Crippen molar-refractivity contribution in [3.63, 3.8) is 0 Å². The number of carbonyl (C=O) groups is 1. The number of aryl methyl sites for hydroxylation is 1. The molecule has 1 heterocycles. The summed E-state index contributed by atoms with van der Waals surface area (Å²) in [6, 6.07) is 7.67. The van der Waals surface area contributed by atoms with Crippen LogP contribution < -0.4 is 0 Å². The van der Waals surface area contributed by atoms with Gasteiger partial charge < -0.3 is 15.4 Å². The van der Waals surface area contributed by atoms with Gasteiger partial charge in [-0.1, -0.05) is 29.8 Å². The molecule has 122 valence electrons. The van der Waals surface area contributed by atoms with E-state index in [2.05, 4.69) is 4.99 Å². The van der Waals surface area contributed by atoms with Crippen molar-refractivity contribution in [3.05, 3.63) is 35.4 Å². The highest BCUT2D eigenvalue weighted by Gasteiger charge is 2.20. The molecule has 0 aliphatic carbocycles. The van der Waals surface area contributed by atoms with Crippen LogP contribution in [0.15, 0.2) is 29.3 Å². The molecule has 1 aromatic carbocycles. The summed E-state index contributed by atoms with van der Waals surface area (Å²) in [6.07, 6.45) is 1.15. The fourth-order valence-corrected chi connectivity index (χ4v) is 2.40. The van der Waals surface area contributed by atoms with Crippen LogP contribution >= 0.6 is 0 Å². The SMILES string of the molecule is Cc1ccc(C(C=N)=NC(=N)N2CCN(CC(=O)O)CC2)cc1. The van der Waals surface area contributed by atoms with Crippen LogP contribution in [0.5, 0.6) is 0 Å². The summed E-state index contributed by atoms with van der Waals surface area (Å²) in [5.41, 5.74) is 2.38. The number of rotatable bonds is 4. The smallest absolute Gasteiger partial charge is 0.317 e. The van der Waals surface area contributed by atoms with Crippen LogP contribution in [0.4, 0.5) is 0 Å². The van der Waals surface area contributed by atoms with Gasteiger partial charge in [-0.2, -0.15) is 0 Å². The number of carboxylic acids is 1. The van der Waals surface area contributed by atoms with Crippen molar-refractivity contribution in [2.45, 2.75) is 6.92 Å². The number of piperazine rings is 1. The van der Waals surface area contributed by atoms with Crippen molar-refractivity contribution in [1.82, 2.24) is 9.80 Å². The topological polar surface area (TPSA) is 104 Å². The van der Waals surface area contributed by atoms with Crippen LogP contribution in [0.3, 0.4) is 0 Å². The van der Waals surface area contributed by atoms with E-state index in [-0.39, 0.29) is 12.5 Å². The second kappa shape index (κ2) is 7.64. The third kappa shape index (κ3) is 4.72. The Morgan fingerprint density at radius 3 is 2.39 bits per heavy atom. The Hall–Kier alpha value is -2.54. The van der Waals surface area contributed by atoms with Gasteiger partial charge in [0.15, 0.2) is 0 Å². The highest BCUT2D eigenvalue weighted by molar-refractivity contribution is 6.39. The highest BCUT2D eigenvalue weighted by Crippen LogP contribution is 2.07. The van der Waals surface area contributed by atoms with Gasteiger partial charge in [0, 0.05) is 38.0 Å². The van der Waals surface area contributed by atoms with Crippen LogP contribution in [0.25, 0.3) is 0 Å². The molecule has 0 amide bonds. The Kier molecular flexibility index (Phi) is 5.59. The first-order valence-corrected chi connectivity index (χ1v) is 7.43. The lowest BCUT2D eigenvalue weighted by atomic mass is 10.1. The number of benzene rings is 1. The number of aliphatic imine (C=N–C) groups is 1. The van der Waals surface area contributed by atoms with Crippen molar-refractivity contribution < 1.29 is 9.90 Å². The van der Waals surface area contributed by atoms with Crippen molar-refractivity contribution >= 4 is 23.9 Å². The number of carboxylic acid groups (broad SMARTS) is 1. The van der Waals surface area contributed by atoms with Crippen LogP contribution in [0, 0.1) is 17.7 Å². The zero-order valence-electron chi connectivity index (χ0n) is 13.1. The molecule has 7 heteroatoms. The minimum absolute atomic E-state index is 0.0273. The average molecular weight is 315 g/mol. The van der Waals surface area contributed by atoms with Crippen molar-refractivity contribution in [2.24, 2.45) is 4.99 Å². The average Bonchev–Trinajstić information content (AvgIpc) is 2.53. The Morgan fingerprint density at radius 1 is 1.26 bits per heavy atom. The van der Waals surface area contributed by atoms with Crippen molar-refractivity contribution in [2.75, 3.05) is 32.7 Å². The maximum absolute atomic E-state index is 10.7. The van der Waals surface area contributed by atoms with E-state index in [1.807, 2.05) is 36.1 Å². The fourth-order valence-electron chi connectivity index (χ4n) is 2.40. The van der Waals surface area contributed by atoms with Gasteiger partial charge in [0.25, 0.3) is 0 Å².